The van der Waals surface area contributed by atoms with E-state index < -0.39 is 0 Å². The van der Waals surface area contributed by atoms with Gasteiger partial charge in [0, 0.05) is 50.5 Å². The van der Waals surface area contributed by atoms with E-state index in [2.05, 4.69) is 62.9 Å². The standard InChI is InChI=1S/C22H26N4O/c1-18-9-10-22(24-14-18)26-12-4-7-20(26)16-25(17-21-8-5-13-27-21)15-19-6-2-3-11-23-19/h2-4,6-7,9-12,14,21H,5,8,13,15-17H2,1H3. The average molecular weight is 362 g/mol. The van der Waals surface area contributed by atoms with Crippen LogP contribution in [-0.4, -0.2) is 38.7 Å². The lowest BCUT2D eigenvalue weighted by molar-refractivity contribution is 0.0669. The number of aryl methyl sites for hydroxylation is 1. The number of ether oxygens (including phenoxy) is 1. The van der Waals surface area contributed by atoms with E-state index in [1.165, 1.54) is 11.3 Å². The lowest BCUT2D eigenvalue weighted by Crippen LogP contribution is -2.32. The first kappa shape index (κ1) is 17.9. The summed E-state index contributed by atoms with van der Waals surface area (Å²) in [6, 6.07) is 14.5. The quantitative estimate of drug-likeness (QED) is 0.642. The summed E-state index contributed by atoms with van der Waals surface area (Å²) in [5.74, 6) is 0.954. The number of hydrogen-bond donors (Lipinski definition) is 0. The summed E-state index contributed by atoms with van der Waals surface area (Å²) in [6.07, 6.45) is 8.47. The Hall–Kier alpha value is -2.50. The molecule has 0 aromatic carbocycles. The van der Waals surface area contributed by atoms with Gasteiger partial charge >= 0.3 is 0 Å². The Labute approximate surface area is 160 Å². The highest BCUT2D eigenvalue weighted by atomic mass is 16.5. The average Bonchev–Trinajstić information content (AvgIpc) is 3.35. The van der Waals surface area contributed by atoms with Crippen molar-refractivity contribution in [2.45, 2.75) is 39.0 Å². The van der Waals surface area contributed by atoms with Gasteiger partial charge in [0.25, 0.3) is 0 Å². The molecule has 1 unspecified atom stereocenters. The molecule has 0 amide bonds. The molecule has 140 valence electrons. The van der Waals surface area contributed by atoms with Crippen LogP contribution in [0.15, 0.2) is 61.1 Å². The van der Waals surface area contributed by atoms with E-state index in [1.807, 2.05) is 24.5 Å². The predicted molar refractivity (Wildman–Crippen MR) is 106 cm³/mol. The molecule has 0 saturated carbocycles. The van der Waals surface area contributed by atoms with Crippen molar-refractivity contribution in [2.75, 3.05) is 13.2 Å². The van der Waals surface area contributed by atoms with E-state index in [4.69, 9.17) is 4.74 Å². The maximum absolute atomic E-state index is 5.89. The molecule has 0 N–H and O–H groups in total. The molecule has 3 aromatic heterocycles. The minimum atomic E-state index is 0.314. The molecule has 1 aliphatic heterocycles. The van der Waals surface area contributed by atoms with Gasteiger partial charge in [-0.05, 0) is 55.7 Å². The van der Waals surface area contributed by atoms with Crippen molar-refractivity contribution < 1.29 is 4.74 Å². The molecule has 0 radical (unpaired) electrons. The molecule has 27 heavy (non-hydrogen) atoms. The Bertz CT molecular complexity index is 838. The molecule has 0 aliphatic carbocycles. The minimum absolute atomic E-state index is 0.314. The monoisotopic (exact) mass is 362 g/mol. The summed E-state index contributed by atoms with van der Waals surface area (Å²) in [7, 11) is 0. The van der Waals surface area contributed by atoms with Crippen molar-refractivity contribution in [3.05, 3.63) is 78.0 Å². The van der Waals surface area contributed by atoms with Crippen LogP contribution in [0.1, 0.15) is 29.8 Å². The van der Waals surface area contributed by atoms with Gasteiger partial charge in [0.1, 0.15) is 5.82 Å². The van der Waals surface area contributed by atoms with Crippen LogP contribution >= 0.6 is 0 Å². The van der Waals surface area contributed by atoms with Crippen LogP contribution in [0, 0.1) is 6.92 Å². The molecular formula is C22H26N4O. The van der Waals surface area contributed by atoms with Crippen molar-refractivity contribution in [2.24, 2.45) is 0 Å². The number of hydrogen-bond acceptors (Lipinski definition) is 4. The normalized spacial score (nSPS) is 16.9. The summed E-state index contributed by atoms with van der Waals surface area (Å²) in [5, 5.41) is 0. The highest BCUT2D eigenvalue weighted by molar-refractivity contribution is 5.29. The fourth-order valence-corrected chi connectivity index (χ4v) is 3.58. The van der Waals surface area contributed by atoms with Crippen LogP contribution < -0.4 is 0 Å². The van der Waals surface area contributed by atoms with Crippen LogP contribution in [-0.2, 0) is 17.8 Å². The number of rotatable bonds is 7. The second-order valence-corrected chi connectivity index (χ2v) is 7.19. The third kappa shape index (κ3) is 4.62. The Kier molecular flexibility index (Phi) is 5.61. The fraction of sp³-hybridized carbons (Fsp3) is 0.364. The zero-order valence-electron chi connectivity index (χ0n) is 15.8. The first-order valence-electron chi connectivity index (χ1n) is 9.61. The van der Waals surface area contributed by atoms with Crippen molar-refractivity contribution >= 4 is 0 Å². The Morgan fingerprint density at radius 2 is 2.07 bits per heavy atom. The SMILES string of the molecule is Cc1ccc(-n2cccc2CN(Cc2ccccn2)CC2CCCO2)nc1. The summed E-state index contributed by atoms with van der Waals surface area (Å²) >= 11 is 0. The van der Waals surface area contributed by atoms with Crippen molar-refractivity contribution in [1.82, 2.24) is 19.4 Å². The van der Waals surface area contributed by atoms with Crippen LogP contribution in [0.3, 0.4) is 0 Å². The van der Waals surface area contributed by atoms with E-state index >= 15 is 0 Å². The highest BCUT2D eigenvalue weighted by Gasteiger charge is 2.21. The third-order valence-electron chi connectivity index (χ3n) is 4.96. The summed E-state index contributed by atoms with van der Waals surface area (Å²) in [6.45, 7) is 5.50. The van der Waals surface area contributed by atoms with Crippen LogP contribution in [0.5, 0.6) is 0 Å². The van der Waals surface area contributed by atoms with E-state index in [0.717, 1.165) is 50.6 Å². The lowest BCUT2D eigenvalue weighted by Gasteiger charge is -2.25. The van der Waals surface area contributed by atoms with Gasteiger partial charge in [-0.15, -0.1) is 0 Å². The number of pyridine rings is 2. The molecule has 1 fully saturated rings. The van der Waals surface area contributed by atoms with Crippen molar-refractivity contribution in [3.8, 4) is 5.82 Å². The zero-order valence-corrected chi connectivity index (χ0v) is 15.8. The van der Waals surface area contributed by atoms with E-state index in [0.29, 0.717) is 6.10 Å². The summed E-state index contributed by atoms with van der Waals surface area (Å²) in [4.78, 5) is 11.5. The molecular weight excluding hydrogens is 336 g/mol. The lowest BCUT2D eigenvalue weighted by atomic mass is 10.2. The molecule has 0 bridgehead atoms. The van der Waals surface area contributed by atoms with Crippen LogP contribution in [0.25, 0.3) is 5.82 Å². The molecule has 5 heteroatoms. The molecule has 1 atom stereocenters. The van der Waals surface area contributed by atoms with Gasteiger partial charge in [-0.3, -0.25) is 9.88 Å². The van der Waals surface area contributed by atoms with Crippen LogP contribution in [0.2, 0.25) is 0 Å². The molecule has 1 aliphatic rings. The Morgan fingerprint density at radius 3 is 2.81 bits per heavy atom. The second kappa shape index (κ2) is 8.46. The molecule has 0 spiro atoms. The molecule has 1 saturated heterocycles. The van der Waals surface area contributed by atoms with E-state index in [1.54, 1.807) is 0 Å². The Morgan fingerprint density at radius 1 is 1.11 bits per heavy atom. The topological polar surface area (TPSA) is 43.2 Å². The van der Waals surface area contributed by atoms with E-state index in [9.17, 15) is 0 Å². The first-order valence-corrected chi connectivity index (χ1v) is 9.61. The fourth-order valence-electron chi connectivity index (χ4n) is 3.58. The molecule has 4 rings (SSSR count). The summed E-state index contributed by atoms with van der Waals surface area (Å²) in [5.41, 5.74) is 3.48. The summed E-state index contributed by atoms with van der Waals surface area (Å²) < 4.78 is 8.05. The number of nitrogens with zero attached hydrogens (tertiary/aromatic N) is 4. The molecule has 5 nitrogen and oxygen atoms in total. The zero-order chi connectivity index (χ0) is 18.5. The van der Waals surface area contributed by atoms with Crippen molar-refractivity contribution in [1.29, 1.82) is 0 Å². The van der Waals surface area contributed by atoms with E-state index in [-0.39, 0.29) is 0 Å². The highest BCUT2D eigenvalue weighted by Crippen LogP contribution is 2.18. The van der Waals surface area contributed by atoms with Crippen molar-refractivity contribution in [3.63, 3.8) is 0 Å². The minimum Gasteiger partial charge on any atom is -0.377 e. The van der Waals surface area contributed by atoms with Gasteiger partial charge in [0.05, 0.1) is 11.8 Å². The van der Waals surface area contributed by atoms with Crippen LogP contribution in [0.4, 0.5) is 0 Å². The first-order chi connectivity index (χ1) is 13.3. The Balaban J connectivity index is 1.54. The second-order valence-electron chi connectivity index (χ2n) is 7.19. The smallest absolute Gasteiger partial charge is 0.136 e. The van der Waals surface area contributed by atoms with Gasteiger partial charge in [-0.2, -0.15) is 0 Å². The third-order valence-corrected chi connectivity index (χ3v) is 4.96. The van der Waals surface area contributed by atoms with Gasteiger partial charge in [0.2, 0.25) is 0 Å². The van der Waals surface area contributed by atoms with Gasteiger partial charge in [-0.25, -0.2) is 4.98 Å². The maximum Gasteiger partial charge on any atom is 0.136 e. The van der Waals surface area contributed by atoms with Gasteiger partial charge < -0.3 is 9.30 Å². The predicted octanol–water partition coefficient (Wildman–Crippen LogP) is 3.76. The van der Waals surface area contributed by atoms with Gasteiger partial charge in [0.15, 0.2) is 0 Å². The molecule has 4 heterocycles. The number of aromatic nitrogens is 3. The van der Waals surface area contributed by atoms with Gasteiger partial charge in [-0.1, -0.05) is 12.1 Å². The largest absolute Gasteiger partial charge is 0.377 e. The maximum atomic E-state index is 5.89. The molecule has 3 aromatic rings.